The molecule has 0 saturated carbocycles. The minimum Gasteiger partial charge on any atom is -0.340 e. The van der Waals surface area contributed by atoms with Gasteiger partial charge in [0.25, 0.3) is 5.91 Å². The van der Waals surface area contributed by atoms with Crippen molar-refractivity contribution in [2.45, 2.75) is 18.9 Å². The summed E-state index contributed by atoms with van der Waals surface area (Å²) >= 11 is 12.1. The summed E-state index contributed by atoms with van der Waals surface area (Å²) in [5.41, 5.74) is 2.41. The molecule has 0 bridgehead atoms. The number of aromatic amines is 1. The molecule has 1 aromatic heterocycles. The van der Waals surface area contributed by atoms with Gasteiger partial charge < -0.3 is 9.88 Å². The Morgan fingerprint density at radius 3 is 2.67 bits per heavy atom. The summed E-state index contributed by atoms with van der Waals surface area (Å²) < 4.78 is 0. The molecular formula is C18H15Cl2N3O. The van der Waals surface area contributed by atoms with Gasteiger partial charge in [0, 0.05) is 22.2 Å². The molecule has 2 aromatic carbocycles. The van der Waals surface area contributed by atoms with Gasteiger partial charge >= 0.3 is 0 Å². The van der Waals surface area contributed by atoms with Crippen LogP contribution in [-0.4, -0.2) is 27.3 Å². The lowest BCUT2D eigenvalue weighted by atomic mass is 10.1. The number of hydrogen-bond acceptors (Lipinski definition) is 2. The number of hydrogen-bond donors (Lipinski definition) is 1. The van der Waals surface area contributed by atoms with Crippen LogP contribution in [-0.2, 0) is 0 Å². The number of carbonyl (C=O) groups excluding carboxylic acids is 1. The molecule has 1 atom stereocenters. The molecule has 1 unspecified atom stereocenters. The minimum absolute atomic E-state index is 0.0531. The molecule has 6 heteroatoms. The highest BCUT2D eigenvalue weighted by Gasteiger charge is 2.32. The van der Waals surface area contributed by atoms with Gasteiger partial charge in [-0.05, 0) is 43.2 Å². The number of rotatable bonds is 2. The minimum atomic E-state index is -0.0673. The van der Waals surface area contributed by atoms with Crippen molar-refractivity contribution in [1.29, 1.82) is 0 Å². The third-order valence-corrected chi connectivity index (χ3v) is 4.78. The number of fused-ring (bicyclic) bond motifs is 1. The number of amides is 1. The van der Waals surface area contributed by atoms with E-state index in [4.69, 9.17) is 23.2 Å². The number of imidazole rings is 1. The van der Waals surface area contributed by atoms with E-state index in [-0.39, 0.29) is 11.9 Å². The molecule has 122 valence electrons. The fourth-order valence-corrected chi connectivity index (χ4v) is 3.79. The van der Waals surface area contributed by atoms with Crippen LogP contribution in [0.2, 0.25) is 10.0 Å². The van der Waals surface area contributed by atoms with Crippen LogP contribution >= 0.6 is 23.2 Å². The summed E-state index contributed by atoms with van der Waals surface area (Å²) in [6, 6.07) is 12.8. The summed E-state index contributed by atoms with van der Waals surface area (Å²) in [6.45, 7) is 0.699. The maximum atomic E-state index is 12.9. The highest BCUT2D eigenvalue weighted by atomic mass is 35.5. The first-order valence-electron chi connectivity index (χ1n) is 7.83. The first kappa shape index (κ1) is 15.5. The van der Waals surface area contributed by atoms with Crippen molar-refractivity contribution in [2.24, 2.45) is 0 Å². The van der Waals surface area contributed by atoms with Crippen molar-refractivity contribution in [3.8, 4) is 0 Å². The van der Waals surface area contributed by atoms with Crippen LogP contribution in [0.5, 0.6) is 0 Å². The van der Waals surface area contributed by atoms with Gasteiger partial charge in [-0.2, -0.15) is 0 Å². The molecule has 1 aliphatic rings. The number of H-pyrrole nitrogens is 1. The average molecular weight is 360 g/mol. The van der Waals surface area contributed by atoms with E-state index in [0.717, 1.165) is 29.7 Å². The van der Waals surface area contributed by atoms with Crippen molar-refractivity contribution in [2.75, 3.05) is 6.54 Å². The van der Waals surface area contributed by atoms with Gasteiger partial charge in [0.15, 0.2) is 0 Å². The van der Waals surface area contributed by atoms with Gasteiger partial charge in [0.2, 0.25) is 0 Å². The van der Waals surface area contributed by atoms with E-state index in [0.29, 0.717) is 22.2 Å². The van der Waals surface area contributed by atoms with E-state index < -0.39 is 0 Å². The van der Waals surface area contributed by atoms with E-state index >= 15 is 0 Å². The lowest BCUT2D eigenvalue weighted by Gasteiger charge is -2.23. The van der Waals surface area contributed by atoms with Crippen LogP contribution in [0.25, 0.3) is 11.0 Å². The topological polar surface area (TPSA) is 49.0 Å². The van der Waals surface area contributed by atoms with Crippen molar-refractivity contribution in [3.63, 3.8) is 0 Å². The monoisotopic (exact) mass is 359 g/mol. The second-order valence-corrected chi connectivity index (χ2v) is 6.83. The molecule has 0 spiro atoms. The predicted molar refractivity (Wildman–Crippen MR) is 95.6 cm³/mol. The van der Waals surface area contributed by atoms with Gasteiger partial charge in [-0.1, -0.05) is 35.3 Å². The third kappa shape index (κ3) is 2.76. The van der Waals surface area contributed by atoms with Gasteiger partial charge in [0.05, 0.1) is 17.1 Å². The van der Waals surface area contributed by atoms with Crippen molar-refractivity contribution in [1.82, 2.24) is 14.9 Å². The molecule has 3 aromatic rings. The Hall–Kier alpha value is -2.04. The Morgan fingerprint density at radius 2 is 1.92 bits per heavy atom. The second kappa shape index (κ2) is 6.11. The zero-order valence-electron chi connectivity index (χ0n) is 12.8. The predicted octanol–water partition coefficient (Wildman–Crippen LogP) is 4.85. The normalized spacial score (nSPS) is 17.6. The van der Waals surface area contributed by atoms with E-state index in [9.17, 15) is 4.79 Å². The van der Waals surface area contributed by atoms with Gasteiger partial charge in [-0.15, -0.1) is 0 Å². The van der Waals surface area contributed by atoms with E-state index in [1.165, 1.54) is 0 Å². The molecule has 1 amide bonds. The van der Waals surface area contributed by atoms with Crippen LogP contribution in [0.4, 0.5) is 0 Å². The molecule has 4 rings (SSSR count). The molecule has 1 N–H and O–H groups in total. The lowest BCUT2D eigenvalue weighted by Crippen LogP contribution is -2.31. The summed E-state index contributed by atoms with van der Waals surface area (Å²) in [7, 11) is 0. The molecule has 1 aliphatic heterocycles. The van der Waals surface area contributed by atoms with Crippen LogP contribution in [0, 0.1) is 0 Å². The van der Waals surface area contributed by atoms with Crippen molar-refractivity contribution >= 4 is 40.1 Å². The number of halogens is 2. The molecule has 0 aliphatic carbocycles. The zero-order valence-corrected chi connectivity index (χ0v) is 14.3. The number of benzene rings is 2. The third-order valence-electron chi connectivity index (χ3n) is 4.35. The molecule has 4 nitrogen and oxygen atoms in total. The molecule has 1 saturated heterocycles. The largest absolute Gasteiger partial charge is 0.340 e. The SMILES string of the molecule is O=C(c1cc(Cl)cc(Cl)c1)N1CCCC1c1nc2ccccc2[nH]1. The van der Waals surface area contributed by atoms with E-state index in [2.05, 4.69) is 9.97 Å². The number of para-hydroxylation sites is 2. The summed E-state index contributed by atoms with van der Waals surface area (Å²) in [5.74, 6) is 0.762. The molecule has 24 heavy (non-hydrogen) atoms. The van der Waals surface area contributed by atoms with Crippen molar-refractivity contribution < 1.29 is 4.79 Å². The number of aromatic nitrogens is 2. The zero-order chi connectivity index (χ0) is 16.7. The number of nitrogens with zero attached hydrogens (tertiary/aromatic N) is 2. The van der Waals surface area contributed by atoms with Crippen LogP contribution in [0.1, 0.15) is 35.1 Å². The van der Waals surface area contributed by atoms with Gasteiger partial charge in [0.1, 0.15) is 5.82 Å². The second-order valence-electron chi connectivity index (χ2n) is 5.95. The fraction of sp³-hybridized carbons (Fsp3) is 0.222. The summed E-state index contributed by atoms with van der Waals surface area (Å²) in [4.78, 5) is 22.8. The first-order valence-corrected chi connectivity index (χ1v) is 8.59. The number of likely N-dealkylation sites (tertiary alicyclic amines) is 1. The standard InChI is InChI=1S/C18H15Cl2N3O/c19-12-8-11(9-13(20)10-12)18(24)23-7-3-6-16(23)17-21-14-4-1-2-5-15(14)22-17/h1-2,4-5,8-10,16H,3,6-7H2,(H,21,22). The Bertz CT molecular complexity index is 868. The Labute approximate surface area is 149 Å². The Kier molecular flexibility index (Phi) is 3.94. The van der Waals surface area contributed by atoms with Gasteiger partial charge in [-0.3, -0.25) is 4.79 Å². The maximum absolute atomic E-state index is 12.9. The van der Waals surface area contributed by atoms with Crippen LogP contribution < -0.4 is 0 Å². The maximum Gasteiger partial charge on any atom is 0.254 e. The summed E-state index contributed by atoms with van der Waals surface area (Å²) in [6.07, 6.45) is 1.83. The summed E-state index contributed by atoms with van der Waals surface area (Å²) in [5, 5.41) is 0.927. The Morgan fingerprint density at radius 1 is 1.17 bits per heavy atom. The molecular weight excluding hydrogens is 345 g/mol. The quantitative estimate of drug-likeness (QED) is 0.710. The highest BCUT2D eigenvalue weighted by Crippen LogP contribution is 2.33. The van der Waals surface area contributed by atoms with Crippen LogP contribution in [0.3, 0.4) is 0 Å². The molecule has 0 radical (unpaired) electrons. The van der Waals surface area contributed by atoms with Gasteiger partial charge in [-0.25, -0.2) is 4.98 Å². The van der Waals surface area contributed by atoms with E-state index in [1.807, 2.05) is 29.2 Å². The fourth-order valence-electron chi connectivity index (χ4n) is 3.27. The molecule has 2 heterocycles. The van der Waals surface area contributed by atoms with E-state index in [1.54, 1.807) is 18.2 Å². The lowest BCUT2D eigenvalue weighted by molar-refractivity contribution is 0.0730. The average Bonchev–Trinajstić information content (AvgIpc) is 3.19. The molecule has 1 fully saturated rings. The highest BCUT2D eigenvalue weighted by molar-refractivity contribution is 6.35. The number of carbonyl (C=O) groups is 1. The Balaban J connectivity index is 1.68. The first-order chi connectivity index (χ1) is 11.6. The van der Waals surface area contributed by atoms with Crippen LogP contribution in [0.15, 0.2) is 42.5 Å². The smallest absolute Gasteiger partial charge is 0.254 e. The number of nitrogens with one attached hydrogen (secondary N) is 1. The van der Waals surface area contributed by atoms with Crippen molar-refractivity contribution in [3.05, 3.63) is 63.9 Å².